The van der Waals surface area contributed by atoms with Crippen molar-refractivity contribution in [1.29, 1.82) is 0 Å². The van der Waals surface area contributed by atoms with Crippen LogP contribution in [0.4, 0.5) is 0 Å². The number of rotatable bonds is 13. The van der Waals surface area contributed by atoms with Gasteiger partial charge in [-0.2, -0.15) is 0 Å². The molecule has 132 valence electrons. The van der Waals surface area contributed by atoms with Crippen molar-refractivity contribution < 1.29 is 23.6 Å². The van der Waals surface area contributed by atoms with Crippen LogP contribution >= 0.6 is 7.82 Å². The fourth-order valence-corrected chi connectivity index (χ4v) is 2.72. The van der Waals surface area contributed by atoms with Crippen LogP contribution in [0.2, 0.25) is 0 Å². The average molecular weight is 342 g/mol. The number of para-hydroxylation sites is 1. The Bertz CT molecular complexity index is 472. The smallest absolute Gasteiger partial charge is 0.122 e. The number of hydrogen-bond acceptors (Lipinski definition) is 5. The van der Waals surface area contributed by atoms with Crippen LogP contribution in [0.15, 0.2) is 24.3 Å². The molecule has 0 N–H and O–H groups in total. The molecule has 0 atom stereocenters. The molecule has 0 unspecified atom stereocenters. The van der Waals surface area contributed by atoms with E-state index in [2.05, 4.69) is 11.4 Å². The van der Waals surface area contributed by atoms with Gasteiger partial charge in [-0.15, -0.1) is 0 Å². The lowest BCUT2D eigenvalue weighted by Gasteiger charge is -2.28. The number of ether oxygens (including phenoxy) is 1. The largest absolute Gasteiger partial charge is 0.790 e. The fraction of sp³-hybridized carbons (Fsp3) is 0.647. The van der Waals surface area contributed by atoms with E-state index < -0.39 is 7.82 Å². The number of aryl methyl sites for hydroxylation is 1. The quantitative estimate of drug-likeness (QED) is 0.406. The maximum atomic E-state index is 10.4. The maximum Gasteiger partial charge on any atom is 0.122 e. The lowest BCUT2D eigenvalue weighted by molar-refractivity contribution is -0.341. The number of phosphoric acid groups is 1. The maximum absolute atomic E-state index is 10.4. The molecule has 0 aliphatic rings. The molecule has 0 saturated heterocycles. The van der Waals surface area contributed by atoms with Gasteiger partial charge < -0.3 is 23.6 Å². The molecule has 1 rings (SSSR count). The van der Waals surface area contributed by atoms with Crippen LogP contribution in [0.5, 0.6) is 5.75 Å². The van der Waals surface area contributed by atoms with Crippen LogP contribution in [0.25, 0.3) is 0 Å². The Balaban J connectivity index is 2.26. The summed E-state index contributed by atoms with van der Waals surface area (Å²) >= 11 is 0. The van der Waals surface area contributed by atoms with Gasteiger partial charge in [0.2, 0.25) is 0 Å². The highest BCUT2D eigenvalue weighted by Crippen LogP contribution is 2.25. The van der Waals surface area contributed by atoms with Crippen molar-refractivity contribution in [2.75, 3.05) is 13.2 Å². The first-order valence-corrected chi connectivity index (χ1v) is 9.86. The Hall–Kier alpha value is -0.870. The second-order valence-electron chi connectivity index (χ2n) is 5.61. The van der Waals surface area contributed by atoms with E-state index in [0.29, 0.717) is 0 Å². The van der Waals surface area contributed by atoms with Gasteiger partial charge in [-0.05, 0) is 24.5 Å². The number of phosphoric ester groups is 1. The summed E-state index contributed by atoms with van der Waals surface area (Å²) in [6.07, 6.45) is 9.72. The van der Waals surface area contributed by atoms with Gasteiger partial charge in [0.1, 0.15) is 12.4 Å². The Labute approximate surface area is 139 Å². The summed E-state index contributed by atoms with van der Waals surface area (Å²) in [5.74, 6) is 0.730. The summed E-state index contributed by atoms with van der Waals surface area (Å²) in [5.41, 5.74) is 1.11. The minimum atomic E-state index is -4.91. The van der Waals surface area contributed by atoms with Gasteiger partial charge in [-0.25, -0.2) is 0 Å². The van der Waals surface area contributed by atoms with E-state index in [1.54, 1.807) is 0 Å². The van der Waals surface area contributed by atoms with Crippen molar-refractivity contribution in [3.05, 3.63) is 29.8 Å². The highest BCUT2D eigenvalue weighted by atomic mass is 31.2. The first kappa shape index (κ1) is 20.2. The van der Waals surface area contributed by atoms with E-state index in [4.69, 9.17) is 4.74 Å². The van der Waals surface area contributed by atoms with Crippen molar-refractivity contribution >= 4 is 7.82 Å². The summed E-state index contributed by atoms with van der Waals surface area (Å²) in [4.78, 5) is 20.7. The van der Waals surface area contributed by atoms with Gasteiger partial charge in [0, 0.05) is 0 Å². The summed E-state index contributed by atoms with van der Waals surface area (Å²) in [6, 6.07) is 7.70. The predicted octanol–water partition coefficient (Wildman–Crippen LogP) is 3.20. The molecule has 0 aliphatic carbocycles. The van der Waals surface area contributed by atoms with Crippen LogP contribution in [-0.4, -0.2) is 13.2 Å². The number of unbranched alkanes of at least 4 members (excludes halogenated alkanes) is 6. The molecule has 0 aliphatic heterocycles. The molecule has 0 radical (unpaired) electrons. The summed E-state index contributed by atoms with van der Waals surface area (Å²) in [6.45, 7) is 2.01. The highest BCUT2D eigenvalue weighted by Gasteiger charge is 2.03. The number of benzene rings is 1. The van der Waals surface area contributed by atoms with Crippen LogP contribution < -0.4 is 14.5 Å². The lowest BCUT2D eigenvalue weighted by Crippen LogP contribution is -2.19. The summed E-state index contributed by atoms with van der Waals surface area (Å²) in [5, 5.41) is 0. The first-order valence-electron chi connectivity index (χ1n) is 8.40. The molecular weight excluding hydrogens is 315 g/mol. The first-order chi connectivity index (χ1) is 11.0. The second kappa shape index (κ2) is 11.6. The van der Waals surface area contributed by atoms with E-state index >= 15 is 0 Å². The minimum absolute atomic E-state index is 0.0441. The predicted molar refractivity (Wildman–Crippen MR) is 87.2 cm³/mol. The van der Waals surface area contributed by atoms with E-state index in [0.717, 1.165) is 24.2 Å². The van der Waals surface area contributed by atoms with Gasteiger partial charge in [-0.1, -0.05) is 63.6 Å². The zero-order chi connectivity index (χ0) is 17.0. The monoisotopic (exact) mass is 342 g/mol. The molecule has 0 aromatic heterocycles. The van der Waals surface area contributed by atoms with Crippen LogP contribution in [0.1, 0.15) is 57.4 Å². The van der Waals surface area contributed by atoms with Crippen molar-refractivity contribution in [2.24, 2.45) is 0 Å². The normalized spacial score (nSPS) is 11.6. The van der Waals surface area contributed by atoms with Gasteiger partial charge in [0.25, 0.3) is 0 Å². The zero-order valence-corrected chi connectivity index (χ0v) is 14.8. The second-order valence-corrected chi connectivity index (χ2v) is 6.76. The van der Waals surface area contributed by atoms with E-state index in [1.807, 2.05) is 24.3 Å². The third kappa shape index (κ3) is 10.5. The Morgan fingerprint density at radius 1 is 0.957 bits per heavy atom. The molecule has 0 heterocycles. The Morgan fingerprint density at radius 2 is 1.61 bits per heavy atom. The molecule has 0 spiro atoms. The Kier molecular flexibility index (Phi) is 10.2. The zero-order valence-electron chi connectivity index (χ0n) is 13.9. The van der Waals surface area contributed by atoms with Gasteiger partial charge in [-0.3, -0.25) is 0 Å². The topological polar surface area (TPSA) is 81.7 Å². The molecule has 23 heavy (non-hydrogen) atoms. The summed E-state index contributed by atoms with van der Waals surface area (Å²) in [7, 11) is -4.91. The van der Waals surface area contributed by atoms with Crippen molar-refractivity contribution in [3.63, 3.8) is 0 Å². The Morgan fingerprint density at radius 3 is 2.30 bits per heavy atom. The highest BCUT2D eigenvalue weighted by molar-refractivity contribution is 7.43. The van der Waals surface area contributed by atoms with Crippen LogP contribution in [-0.2, 0) is 15.5 Å². The van der Waals surface area contributed by atoms with Crippen LogP contribution in [0, 0.1) is 0 Å². The molecule has 6 heteroatoms. The number of hydrogen-bond donors (Lipinski definition) is 0. The van der Waals surface area contributed by atoms with E-state index in [9.17, 15) is 14.4 Å². The molecule has 5 nitrogen and oxygen atoms in total. The molecule has 1 aromatic rings. The van der Waals surface area contributed by atoms with E-state index in [1.165, 1.54) is 38.5 Å². The average Bonchev–Trinajstić information content (AvgIpc) is 2.51. The van der Waals surface area contributed by atoms with Crippen molar-refractivity contribution in [2.45, 2.75) is 58.3 Å². The summed E-state index contributed by atoms with van der Waals surface area (Å²) < 4.78 is 20.0. The van der Waals surface area contributed by atoms with Crippen molar-refractivity contribution in [3.8, 4) is 5.75 Å². The molecule has 0 fully saturated rings. The van der Waals surface area contributed by atoms with Crippen molar-refractivity contribution in [1.82, 2.24) is 0 Å². The third-order valence-electron chi connectivity index (χ3n) is 3.61. The van der Waals surface area contributed by atoms with Gasteiger partial charge in [0.15, 0.2) is 0 Å². The molecular formula is C17H27O5P-2. The van der Waals surface area contributed by atoms with E-state index in [-0.39, 0.29) is 13.2 Å². The third-order valence-corrected chi connectivity index (χ3v) is 4.11. The minimum Gasteiger partial charge on any atom is -0.790 e. The lowest BCUT2D eigenvalue weighted by atomic mass is 10.0. The van der Waals surface area contributed by atoms with Gasteiger partial charge in [0.05, 0.1) is 14.4 Å². The fourth-order valence-electron chi connectivity index (χ4n) is 2.42. The molecule has 0 saturated carbocycles. The molecule has 0 amide bonds. The molecule has 0 bridgehead atoms. The molecule has 1 aromatic carbocycles. The van der Waals surface area contributed by atoms with Crippen LogP contribution in [0.3, 0.4) is 0 Å². The standard InChI is InChI=1S/C17H29O5P/c1-2-3-4-5-6-7-8-11-16-12-9-10-13-17(16)21-14-15-22-23(18,19)20/h9-10,12-13H,2-8,11,14-15H2,1H3,(H2,18,19,20)/p-2. The van der Waals surface area contributed by atoms with Gasteiger partial charge >= 0.3 is 0 Å². The SMILES string of the molecule is CCCCCCCCCc1ccccc1OCCOP(=O)([O-])[O-].